The van der Waals surface area contributed by atoms with Crippen LogP contribution in [0.1, 0.15) is 0 Å². The smallest absolute Gasteiger partial charge is 0.409 e. The average Bonchev–Trinajstić information content (AvgIpc) is 2.41. The largest absolute Gasteiger partial charge is 0.465 e. The van der Waals surface area contributed by atoms with Gasteiger partial charge in [0.05, 0.1) is 11.9 Å². The molecule has 15 heavy (non-hydrogen) atoms. The van der Waals surface area contributed by atoms with Crippen molar-refractivity contribution in [2.24, 2.45) is 9.98 Å². The van der Waals surface area contributed by atoms with Crippen LogP contribution in [0.25, 0.3) is 6.20 Å². The average molecular weight is 203 g/mol. The minimum absolute atomic E-state index is 0.518. The molecule has 1 heterocycles. The van der Waals surface area contributed by atoms with E-state index in [1.54, 1.807) is 30.6 Å². The molecule has 2 rings (SSSR count). The Morgan fingerprint density at radius 2 is 2.33 bits per heavy atom. The lowest BCUT2D eigenvalue weighted by Gasteiger charge is -1.99. The third-order valence-corrected chi connectivity index (χ3v) is 1.94. The summed E-state index contributed by atoms with van der Waals surface area (Å²) in [7, 11) is 0. The summed E-state index contributed by atoms with van der Waals surface area (Å²) in [5.41, 5.74) is 0.518. The van der Waals surface area contributed by atoms with E-state index in [2.05, 4.69) is 15.3 Å². The van der Waals surface area contributed by atoms with Crippen molar-refractivity contribution in [2.75, 3.05) is 11.9 Å². The van der Waals surface area contributed by atoms with E-state index in [0.29, 0.717) is 12.2 Å². The van der Waals surface area contributed by atoms with Gasteiger partial charge in [-0.25, -0.2) is 4.79 Å². The van der Waals surface area contributed by atoms with Gasteiger partial charge in [-0.05, 0) is 18.2 Å². The van der Waals surface area contributed by atoms with E-state index in [9.17, 15) is 4.79 Å². The van der Waals surface area contributed by atoms with E-state index in [1.807, 2.05) is 0 Å². The van der Waals surface area contributed by atoms with Crippen LogP contribution in [0.4, 0.5) is 10.5 Å². The summed E-state index contributed by atoms with van der Waals surface area (Å²) in [6, 6.07) is 5.15. The first-order chi connectivity index (χ1) is 7.25. The lowest BCUT2D eigenvalue weighted by Crippen LogP contribution is -2.25. The molecule has 0 fully saturated rings. The number of aliphatic imine (C=N–C) groups is 1. The highest BCUT2D eigenvalue weighted by atomic mass is 16.4. The summed E-state index contributed by atoms with van der Waals surface area (Å²) in [4.78, 5) is 18.7. The normalized spacial score (nSPS) is 13.1. The number of hydrogen-bond donors (Lipinski definition) is 2. The van der Waals surface area contributed by atoms with E-state index >= 15 is 0 Å². The zero-order valence-electron chi connectivity index (χ0n) is 7.84. The minimum Gasteiger partial charge on any atom is -0.465 e. The Hall–Kier alpha value is -2.17. The summed E-state index contributed by atoms with van der Waals surface area (Å²) < 4.78 is 0. The second-order valence-corrected chi connectivity index (χ2v) is 3.01. The fourth-order valence-corrected chi connectivity index (χ4v) is 1.32. The number of nitrogens with one attached hydrogen (secondary N) is 1. The molecule has 0 bridgehead atoms. The number of carbonyl (C=O) groups is 1. The topological polar surface area (TPSA) is 74.0 Å². The number of carboxylic acid groups (broad SMARTS) is 1. The maximum absolute atomic E-state index is 10.4. The van der Waals surface area contributed by atoms with Crippen LogP contribution in [0.2, 0.25) is 0 Å². The molecule has 0 unspecified atom stereocenters. The zero-order valence-corrected chi connectivity index (χ0v) is 7.84. The molecule has 0 saturated heterocycles. The summed E-state index contributed by atoms with van der Waals surface area (Å²) in [6.07, 6.45) is 2.28. The van der Waals surface area contributed by atoms with Crippen molar-refractivity contribution < 1.29 is 9.90 Å². The molecule has 0 radical (unpaired) electrons. The summed E-state index contributed by atoms with van der Waals surface area (Å²) in [6.45, 7) is 0.551. The van der Waals surface area contributed by atoms with Crippen molar-refractivity contribution in [1.82, 2.24) is 0 Å². The predicted molar refractivity (Wildman–Crippen MR) is 56.7 cm³/mol. The van der Waals surface area contributed by atoms with Crippen molar-refractivity contribution >= 4 is 24.2 Å². The molecule has 0 saturated carbocycles. The Morgan fingerprint density at radius 3 is 3.13 bits per heavy atom. The van der Waals surface area contributed by atoms with Gasteiger partial charge in [-0.3, -0.25) is 15.3 Å². The summed E-state index contributed by atoms with van der Waals surface area (Å²) in [5.74, 6) is 0. The molecule has 0 aliphatic carbocycles. The molecular weight excluding hydrogens is 194 g/mol. The molecule has 1 aliphatic heterocycles. The molecule has 5 heteroatoms. The second-order valence-electron chi connectivity index (χ2n) is 3.01. The van der Waals surface area contributed by atoms with Crippen LogP contribution in [0.15, 0.2) is 28.2 Å². The van der Waals surface area contributed by atoms with Gasteiger partial charge in [-0.2, -0.15) is 0 Å². The van der Waals surface area contributed by atoms with Gasteiger partial charge in [-0.1, -0.05) is 0 Å². The molecule has 2 N–H and O–H groups in total. The van der Waals surface area contributed by atoms with Gasteiger partial charge in [0.2, 0.25) is 0 Å². The fraction of sp³-hybridized carbons (Fsp3) is 0.100. The van der Waals surface area contributed by atoms with Crippen LogP contribution < -0.4 is 15.9 Å². The summed E-state index contributed by atoms with van der Waals surface area (Å²) in [5, 5.41) is 12.5. The van der Waals surface area contributed by atoms with E-state index in [-0.39, 0.29) is 0 Å². The number of fused-ring (bicyclic) bond motifs is 1. The van der Waals surface area contributed by atoms with Crippen molar-refractivity contribution in [3.05, 3.63) is 28.8 Å². The quantitative estimate of drug-likeness (QED) is 0.685. The maximum atomic E-state index is 10.4. The zero-order chi connectivity index (χ0) is 10.7. The van der Waals surface area contributed by atoms with Crippen LogP contribution >= 0.6 is 0 Å². The highest BCUT2D eigenvalue weighted by Crippen LogP contribution is 1.99. The van der Waals surface area contributed by atoms with E-state index < -0.39 is 6.09 Å². The maximum Gasteiger partial charge on any atom is 0.409 e. The lowest BCUT2D eigenvalue weighted by atomic mass is 10.2. The number of benzene rings is 1. The van der Waals surface area contributed by atoms with E-state index in [0.717, 1.165) is 10.6 Å². The van der Waals surface area contributed by atoms with Crippen LogP contribution in [0.5, 0.6) is 0 Å². The molecule has 0 atom stereocenters. The monoisotopic (exact) mass is 203 g/mol. The van der Waals surface area contributed by atoms with E-state index in [1.165, 1.54) is 0 Å². The van der Waals surface area contributed by atoms with Crippen LogP contribution in [-0.2, 0) is 0 Å². The Bertz CT molecular complexity index is 534. The fourth-order valence-electron chi connectivity index (χ4n) is 1.32. The van der Waals surface area contributed by atoms with Gasteiger partial charge >= 0.3 is 6.09 Å². The highest BCUT2D eigenvalue weighted by Gasteiger charge is 1.98. The predicted octanol–water partition coefficient (Wildman–Crippen LogP) is 0.218. The van der Waals surface area contributed by atoms with Crippen LogP contribution in [0, 0.1) is 0 Å². The van der Waals surface area contributed by atoms with Gasteiger partial charge in [-0.15, -0.1) is 0 Å². The number of nitrogens with zero attached hydrogens (tertiary/aromatic N) is 2. The van der Waals surface area contributed by atoms with Crippen LogP contribution in [-0.4, -0.2) is 24.0 Å². The SMILES string of the molecule is O=C(O)Nc1ccc2c(c1)=CN=CCN=2. The molecule has 0 aromatic heterocycles. The Kier molecular flexibility index (Phi) is 2.45. The molecule has 1 aromatic carbocycles. The Labute approximate surface area is 85.5 Å². The highest BCUT2D eigenvalue weighted by molar-refractivity contribution is 5.82. The van der Waals surface area contributed by atoms with E-state index in [4.69, 9.17) is 5.11 Å². The van der Waals surface area contributed by atoms with Gasteiger partial charge in [0.15, 0.2) is 0 Å². The minimum atomic E-state index is -1.08. The standard InChI is InChI=1S/C10H9N3O2/c14-10(15)13-8-1-2-9-7(5-8)6-11-3-4-12-9/h1-3,5-6,13H,4H2,(H,14,15). The molecule has 0 spiro atoms. The Balaban J connectivity index is 2.49. The molecule has 1 aromatic rings. The number of amides is 1. The van der Waals surface area contributed by atoms with Crippen molar-refractivity contribution in [2.45, 2.75) is 0 Å². The Morgan fingerprint density at radius 1 is 1.47 bits per heavy atom. The third kappa shape index (κ3) is 2.19. The van der Waals surface area contributed by atoms with Gasteiger partial charge < -0.3 is 5.11 Å². The molecule has 1 amide bonds. The molecule has 1 aliphatic rings. The second kappa shape index (κ2) is 3.91. The van der Waals surface area contributed by atoms with Crippen molar-refractivity contribution in [1.29, 1.82) is 0 Å². The summed E-state index contributed by atoms with van der Waals surface area (Å²) >= 11 is 0. The first-order valence-corrected chi connectivity index (χ1v) is 4.42. The number of anilines is 1. The van der Waals surface area contributed by atoms with Gasteiger partial charge in [0.1, 0.15) is 0 Å². The first-order valence-electron chi connectivity index (χ1n) is 4.42. The van der Waals surface area contributed by atoms with Gasteiger partial charge in [0, 0.05) is 23.3 Å². The van der Waals surface area contributed by atoms with Crippen LogP contribution in [0.3, 0.4) is 0 Å². The first kappa shape index (κ1) is 9.39. The van der Waals surface area contributed by atoms with Crippen molar-refractivity contribution in [3.8, 4) is 0 Å². The number of hydrogen-bond acceptors (Lipinski definition) is 3. The molecule has 76 valence electrons. The molecular formula is C10H9N3O2. The molecule has 5 nitrogen and oxygen atoms in total. The van der Waals surface area contributed by atoms with Gasteiger partial charge in [0.25, 0.3) is 0 Å². The van der Waals surface area contributed by atoms with Crippen molar-refractivity contribution in [3.63, 3.8) is 0 Å². The third-order valence-electron chi connectivity index (χ3n) is 1.94. The lowest BCUT2D eigenvalue weighted by molar-refractivity contribution is 0.210. The number of rotatable bonds is 1.